The summed E-state index contributed by atoms with van der Waals surface area (Å²) < 4.78 is 11.5. The summed E-state index contributed by atoms with van der Waals surface area (Å²) in [5.74, 6) is 1.25. The number of carbonyl (C=O) groups excluding carboxylic acids is 2. The van der Waals surface area contributed by atoms with Gasteiger partial charge in [-0.2, -0.15) is 0 Å². The number of rotatable bonds is 4. The lowest BCUT2D eigenvalue weighted by molar-refractivity contribution is -0.143. The van der Waals surface area contributed by atoms with Gasteiger partial charge in [0.2, 0.25) is 12.0 Å². The first-order valence-corrected chi connectivity index (χ1v) is 10.3. The van der Waals surface area contributed by atoms with Gasteiger partial charge in [-0.15, -0.1) is 0 Å². The largest absolute Gasteiger partial charge is 0.485 e. The molecule has 2 aliphatic heterocycles. The summed E-state index contributed by atoms with van der Waals surface area (Å²) in [6.07, 6.45) is -0.630. The Morgan fingerprint density at radius 1 is 0.967 bits per heavy atom. The highest BCUT2D eigenvalue weighted by atomic mass is 16.6. The van der Waals surface area contributed by atoms with Crippen molar-refractivity contribution in [2.45, 2.75) is 19.1 Å². The number of ether oxygens (including phenoxy) is 2. The fraction of sp³-hybridized carbons (Fsp3) is 0.391. The molecule has 0 N–H and O–H groups in total. The lowest BCUT2D eigenvalue weighted by atomic mass is 10.1. The number of para-hydroxylation sites is 3. The van der Waals surface area contributed by atoms with E-state index in [2.05, 4.69) is 4.90 Å². The van der Waals surface area contributed by atoms with Gasteiger partial charge in [0.1, 0.15) is 6.61 Å². The molecule has 1 fully saturated rings. The van der Waals surface area contributed by atoms with Crippen LogP contribution in [-0.2, 0) is 9.59 Å². The summed E-state index contributed by atoms with van der Waals surface area (Å²) in [6.45, 7) is 4.55. The molecule has 0 unspecified atom stereocenters. The minimum absolute atomic E-state index is 0.0431. The van der Waals surface area contributed by atoms with Crippen molar-refractivity contribution in [1.29, 1.82) is 0 Å². The van der Waals surface area contributed by atoms with Crippen molar-refractivity contribution in [3.8, 4) is 11.5 Å². The van der Waals surface area contributed by atoms with E-state index in [1.165, 1.54) is 0 Å². The quantitative estimate of drug-likeness (QED) is 0.773. The van der Waals surface area contributed by atoms with Crippen LogP contribution in [0.3, 0.4) is 0 Å². The maximum absolute atomic E-state index is 12.9. The highest BCUT2D eigenvalue weighted by Crippen LogP contribution is 2.31. The van der Waals surface area contributed by atoms with E-state index in [0.717, 1.165) is 5.69 Å². The molecular weight excluding hydrogens is 382 g/mol. The number of anilines is 1. The van der Waals surface area contributed by atoms with E-state index < -0.39 is 6.10 Å². The van der Waals surface area contributed by atoms with E-state index in [9.17, 15) is 9.59 Å². The van der Waals surface area contributed by atoms with Crippen LogP contribution in [-0.4, -0.2) is 73.6 Å². The summed E-state index contributed by atoms with van der Waals surface area (Å²) in [5.41, 5.74) is 0.873. The summed E-state index contributed by atoms with van der Waals surface area (Å²) in [5, 5.41) is 0. The van der Waals surface area contributed by atoms with Crippen molar-refractivity contribution in [3.63, 3.8) is 0 Å². The second kappa shape index (κ2) is 8.75. The van der Waals surface area contributed by atoms with Crippen LogP contribution in [0.5, 0.6) is 11.5 Å². The molecule has 0 radical (unpaired) electrons. The summed E-state index contributed by atoms with van der Waals surface area (Å²) in [4.78, 5) is 31.4. The molecule has 0 aromatic heterocycles. The third-order valence-corrected chi connectivity index (χ3v) is 5.79. The van der Waals surface area contributed by atoms with Crippen LogP contribution in [0.1, 0.15) is 6.92 Å². The standard InChI is InChI=1S/C23H27N3O4/c1-17(22(27)24(2)18-8-4-3-5-9-18)25-12-14-26(15-13-25)23(28)21-16-29-19-10-6-7-11-20(19)30-21/h3-11,17,21H,12-16H2,1-2H3/t17-,21-/m0/s1. The van der Waals surface area contributed by atoms with Crippen LogP contribution < -0.4 is 14.4 Å². The highest BCUT2D eigenvalue weighted by Gasteiger charge is 2.34. The third kappa shape index (κ3) is 4.11. The summed E-state index contributed by atoms with van der Waals surface area (Å²) in [6, 6.07) is 16.7. The topological polar surface area (TPSA) is 62.3 Å². The minimum atomic E-state index is -0.630. The van der Waals surface area contributed by atoms with E-state index >= 15 is 0 Å². The van der Waals surface area contributed by atoms with Gasteiger partial charge in [-0.1, -0.05) is 30.3 Å². The smallest absolute Gasteiger partial charge is 0.267 e. The second-order valence-corrected chi connectivity index (χ2v) is 7.63. The van der Waals surface area contributed by atoms with Crippen LogP contribution in [0.2, 0.25) is 0 Å². The van der Waals surface area contributed by atoms with Crippen molar-refractivity contribution in [2.24, 2.45) is 0 Å². The lowest BCUT2D eigenvalue weighted by Crippen LogP contribution is -2.57. The van der Waals surface area contributed by atoms with Crippen molar-refractivity contribution in [2.75, 3.05) is 44.7 Å². The Morgan fingerprint density at radius 3 is 2.30 bits per heavy atom. The van der Waals surface area contributed by atoms with Gasteiger partial charge >= 0.3 is 0 Å². The zero-order valence-corrected chi connectivity index (χ0v) is 17.4. The van der Waals surface area contributed by atoms with Gasteiger partial charge in [0.05, 0.1) is 6.04 Å². The van der Waals surface area contributed by atoms with Gasteiger partial charge in [0, 0.05) is 38.9 Å². The predicted octanol–water partition coefficient (Wildman–Crippen LogP) is 2.02. The second-order valence-electron chi connectivity index (χ2n) is 7.63. The predicted molar refractivity (Wildman–Crippen MR) is 114 cm³/mol. The van der Waals surface area contributed by atoms with Crippen LogP contribution >= 0.6 is 0 Å². The monoisotopic (exact) mass is 409 g/mol. The van der Waals surface area contributed by atoms with Gasteiger partial charge in [-0.3, -0.25) is 14.5 Å². The molecule has 2 aliphatic rings. The number of likely N-dealkylation sites (N-methyl/N-ethyl adjacent to an activating group) is 1. The number of piperazine rings is 1. The molecule has 1 saturated heterocycles. The number of hydrogen-bond acceptors (Lipinski definition) is 5. The molecule has 2 aromatic carbocycles. The fourth-order valence-corrected chi connectivity index (χ4v) is 3.89. The van der Waals surface area contributed by atoms with Gasteiger partial charge in [-0.05, 0) is 31.2 Å². The first kappa shape index (κ1) is 20.2. The summed E-state index contributed by atoms with van der Waals surface area (Å²) in [7, 11) is 1.80. The van der Waals surface area contributed by atoms with Crippen molar-refractivity contribution in [3.05, 3.63) is 54.6 Å². The Balaban J connectivity index is 1.31. The molecule has 158 valence electrons. The molecule has 0 bridgehead atoms. The molecule has 30 heavy (non-hydrogen) atoms. The number of benzene rings is 2. The van der Waals surface area contributed by atoms with E-state index in [-0.39, 0.29) is 24.5 Å². The number of amides is 2. The van der Waals surface area contributed by atoms with Crippen LogP contribution in [0.15, 0.2) is 54.6 Å². The highest BCUT2D eigenvalue weighted by molar-refractivity contribution is 5.96. The molecule has 0 spiro atoms. The van der Waals surface area contributed by atoms with Crippen LogP contribution in [0, 0.1) is 0 Å². The van der Waals surface area contributed by atoms with Crippen LogP contribution in [0.25, 0.3) is 0 Å². The Kier molecular flexibility index (Phi) is 5.90. The first-order chi connectivity index (χ1) is 14.5. The van der Waals surface area contributed by atoms with Gasteiger partial charge in [0.25, 0.3) is 5.91 Å². The fourth-order valence-electron chi connectivity index (χ4n) is 3.89. The summed E-state index contributed by atoms with van der Waals surface area (Å²) >= 11 is 0. The average molecular weight is 409 g/mol. The third-order valence-electron chi connectivity index (χ3n) is 5.79. The molecule has 7 nitrogen and oxygen atoms in total. The Hall–Kier alpha value is -3.06. The Bertz CT molecular complexity index is 896. The SMILES string of the molecule is C[C@@H](C(=O)N(C)c1ccccc1)N1CCN(C(=O)[C@@H]2COc3ccccc3O2)CC1. The number of nitrogens with zero attached hydrogens (tertiary/aromatic N) is 3. The molecule has 2 heterocycles. The van der Waals surface area contributed by atoms with Crippen molar-refractivity contribution < 1.29 is 19.1 Å². The Morgan fingerprint density at radius 2 is 1.60 bits per heavy atom. The normalized spacial score (nSPS) is 19.8. The molecule has 4 rings (SSSR count). The molecule has 2 atom stereocenters. The average Bonchev–Trinajstić information content (AvgIpc) is 2.82. The molecule has 0 aliphatic carbocycles. The van der Waals surface area contributed by atoms with Crippen LogP contribution in [0.4, 0.5) is 5.69 Å². The molecule has 7 heteroatoms. The number of carbonyl (C=O) groups is 2. The van der Waals surface area contributed by atoms with Gasteiger partial charge < -0.3 is 19.3 Å². The lowest BCUT2D eigenvalue weighted by Gasteiger charge is -2.39. The molecule has 2 aromatic rings. The zero-order chi connectivity index (χ0) is 21.1. The first-order valence-electron chi connectivity index (χ1n) is 10.3. The van der Waals surface area contributed by atoms with Crippen molar-refractivity contribution >= 4 is 17.5 Å². The maximum atomic E-state index is 12.9. The van der Waals surface area contributed by atoms with E-state index in [4.69, 9.17) is 9.47 Å². The molecular formula is C23H27N3O4. The number of hydrogen-bond donors (Lipinski definition) is 0. The Labute approximate surface area is 176 Å². The van der Waals surface area contributed by atoms with E-state index in [0.29, 0.717) is 37.7 Å². The number of fused-ring (bicyclic) bond motifs is 1. The molecule has 2 amide bonds. The van der Waals surface area contributed by atoms with E-state index in [1.807, 2.05) is 61.5 Å². The molecule has 0 saturated carbocycles. The maximum Gasteiger partial charge on any atom is 0.267 e. The van der Waals surface area contributed by atoms with Crippen molar-refractivity contribution in [1.82, 2.24) is 9.80 Å². The minimum Gasteiger partial charge on any atom is -0.485 e. The van der Waals surface area contributed by atoms with Gasteiger partial charge in [0.15, 0.2) is 11.5 Å². The zero-order valence-electron chi connectivity index (χ0n) is 17.4. The van der Waals surface area contributed by atoms with E-state index in [1.54, 1.807) is 16.8 Å². The van der Waals surface area contributed by atoms with Gasteiger partial charge in [-0.25, -0.2) is 0 Å².